The lowest BCUT2D eigenvalue weighted by atomic mass is 9.86. The predicted octanol–water partition coefficient (Wildman–Crippen LogP) is 2.60. The van der Waals surface area contributed by atoms with Crippen LogP contribution in [0.2, 0.25) is 0 Å². The van der Waals surface area contributed by atoms with E-state index in [9.17, 15) is 4.79 Å². The van der Waals surface area contributed by atoms with E-state index in [4.69, 9.17) is 0 Å². The Balaban J connectivity index is 2.94. The number of urea groups is 1. The number of hydrogen-bond donors (Lipinski definition) is 1. The number of halogens is 1. The maximum atomic E-state index is 11.7. The summed E-state index contributed by atoms with van der Waals surface area (Å²) in [6, 6.07) is 0.339. The van der Waals surface area contributed by atoms with E-state index in [1.807, 2.05) is 4.90 Å². The second kappa shape index (κ2) is 3.54. The highest BCUT2D eigenvalue weighted by Crippen LogP contribution is 2.35. The smallest absolute Gasteiger partial charge is 0.318 e. The third kappa shape index (κ3) is 2.32. The molecule has 2 amide bonds. The van der Waals surface area contributed by atoms with Gasteiger partial charge in [0.25, 0.3) is 0 Å². The van der Waals surface area contributed by atoms with Crippen molar-refractivity contribution in [1.29, 1.82) is 0 Å². The number of nitrogens with zero attached hydrogens (tertiary/aromatic N) is 1. The van der Waals surface area contributed by atoms with Crippen molar-refractivity contribution < 1.29 is 4.79 Å². The Labute approximate surface area is 99.8 Å². The van der Waals surface area contributed by atoms with Gasteiger partial charge in [0.2, 0.25) is 0 Å². The monoisotopic (exact) mass is 310 g/mol. The molecule has 14 heavy (non-hydrogen) atoms. The van der Waals surface area contributed by atoms with Crippen molar-refractivity contribution in [1.82, 2.24) is 10.2 Å². The largest absolute Gasteiger partial charge is 0.336 e. The molecule has 0 radical (unpaired) electrons. The quantitative estimate of drug-likeness (QED) is 0.451. The van der Waals surface area contributed by atoms with Crippen molar-refractivity contribution >= 4 is 28.6 Å². The first kappa shape index (κ1) is 12.1. The number of nitrogens with one attached hydrogen (secondary N) is 1. The zero-order valence-corrected chi connectivity index (χ0v) is 11.7. The third-order valence-electron chi connectivity index (χ3n) is 2.55. The van der Waals surface area contributed by atoms with E-state index < -0.39 is 0 Å². The summed E-state index contributed by atoms with van der Waals surface area (Å²) in [6.07, 6.45) is 0. The normalized spacial score (nSPS) is 24.0. The van der Waals surface area contributed by atoms with Crippen LogP contribution in [-0.2, 0) is 0 Å². The number of carbonyl (C=O) groups excluding carboxylic acids is 1. The maximum absolute atomic E-state index is 11.7. The molecule has 4 heteroatoms. The molecule has 1 rings (SSSR count). The Morgan fingerprint density at radius 3 is 2.14 bits per heavy atom. The zero-order chi connectivity index (χ0) is 11.1. The molecule has 0 saturated carbocycles. The molecular weight excluding hydrogens is 291 g/mol. The predicted molar refractivity (Wildman–Crippen MR) is 66.6 cm³/mol. The lowest BCUT2D eigenvalue weighted by molar-refractivity contribution is 0.126. The fraction of sp³-hybridized carbons (Fsp3) is 0.900. The minimum Gasteiger partial charge on any atom is -0.336 e. The van der Waals surface area contributed by atoms with Crippen LogP contribution in [0.5, 0.6) is 0 Å². The van der Waals surface area contributed by atoms with Crippen LogP contribution in [0.1, 0.15) is 34.6 Å². The molecule has 0 spiro atoms. The first-order chi connectivity index (χ1) is 6.14. The summed E-state index contributed by atoms with van der Waals surface area (Å²) >= 11 is 2.31. The highest BCUT2D eigenvalue weighted by molar-refractivity contribution is 14.1. The SMILES string of the molecule is CC(C)(C)C1CNC(=O)N1C(C)(C)I. The van der Waals surface area contributed by atoms with Gasteiger partial charge in [-0.25, -0.2) is 4.79 Å². The topological polar surface area (TPSA) is 32.3 Å². The Hall–Kier alpha value is 0. The molecule has 82 valence electrons. The molecule has 1 fully saturated rings. The van der Waals surface area contributed by atoms with Crippen LogP contribution in [0.4, 0.5) is 4.79 Å². The summed E-state index contributed by atoms with van der Waals surface area (Å²) in [5, 5.41) is 2.91. The van der Waals surface area contributed by atoms with Crippen LogP contribution in [-0.4, -0.2) is 27.1 Å². The van der Waals surface area contributed by atoms with Crippen LogP contribution in [0.25, 0.3) is 0 Å². The molecule has 1 saturated heterocycles. The lowest BCUT2D eigenvalue weighted by Gasteiger charge is -2.40. The van der Waals surface area contributed by atoms with Gasteiger partial charge < -0.3 is 10.2 Å². The van der Waals surface area contributed by atoms with Crippen molar-refractivity contribution in [2.75, 3.05) is 6.54 Å². The molecule has 0 aromatic rings. The summed E-state index contributed by atoms with van der Waals surface area (Å²) in [7, 11) is 0. The molecule has 1 aliphatic heterocycles. The van der Waals surface area contributed by atoms with Crippen LogP contribution in [0, 0.1) is 5.41 Å². The molecule has 1 aliphatic rings. The number of rotatable bonds is 1. The van der Waals surface area contributed by atoms with Crippen molar-refractivity contribution in [3.63, 3.8) is 0 Å². The fourth-order valence-electron chi connectivity index (χ4n) is 1.81. The second-order valence-corrected chi connectivity index (χ2v) is 7.99. The molecule has 1 unspecified atom stereocenters. The summed E-state index contributed by atoms with van der Waals surface area (Å²) in [5.74, 6) is 0. The van der Waals surface area contributed by atoms with Gasteiger partial charge in [-0.3, -0.25) is 0 Å². The third-order valence-corrected chi connectivity index (χ3v) is 3.07. The Morgan fingerprint density at radius 1 is 1.36 bits per heavy atom. The number of amides is 2. The van der Waals surface area contributed by atoms with Gasteiger partial charge in [0.05, 0.1) is 9.59 Å². The zero-order valence-electron chi connectivity index (χ0n) is 9.52. The molecule has 1 N–H and O–H groups in total. The summed E-state index contributed by atoms with van der Waals surface area (Å²) in [6.45, 7) is 11.4. The maximum Gasteiger partial charge on any atom is 0.318 e. The Kier molecular flexibility index (Phi) is 3.05. The number of hydrogen-bond acceptors (Lipinski definition) is 1. The summed E-state index contributed by atoms with van der Waals surface area (Å²) < 4.78 is -0.129. The van der Waals surface area contributed by atoms with Gasteiger partial charge in [0.1, 0.15) is 0 Å². The first-order valence-corrected chi connectivity index (χ1v) is 5.98. The van der Waals surface area contributed by atoms with Crippen molar-refractivity contribution in [3.05, 3.63) is 0 Å². The van der Waals surface area contributed by atoms with E-state index in [0.717, 1.165) is 6.54 Å². The van der Waals surface area contributed by atoms with E-state index in [1.54, 1.807) is 0 Å². The Morgan fingerprint density at radius 2 is 1.86 bits per heavy atom. The standard InChI is InChI=1S/C10H19IN2O/c1-9(2,3)7-6-12-8(14)13(7)10(4,5)11/h7H,6H2,1-5H3,(H,12,14). The summed E-state index contributed by atoms with van der Waals surface area (Å²) in [4.78, 5) is 13.6. The van der Waals surface area contributed by atoms with Crippen LogP contribution in [0.15, 0.2) is 0 Å². The highest BCUT2D eigenvalue weighted by Gasteiger charge is 2.44. The Bertz CT molecular complexity index is 239. The number of carbonyl (C=O) groups is 1. The molecular formula is C10H19IN2O. The van der Waals surface area contributed by atoms with E-state index in [1.165, 1.54) is 0 Å². The molecule has 1 heterocycles. The highest BCUT2D eigenvalue weighted by atomic mass is 127. The van der Waals surface area contributed by atoms with Gasteiger partial charge in [0.15, 0.2) is 0 Å². The van der Waals surface area contributed by atoms with E-state index in [2.05, 4.69) is 62.5 Å². The van der Waals surface area contributed by atoms with E-state index >= 15 is 0 Å². The first-order valence-electron chi connectivity index (χ1n) is 4.90. The van der Waals surface area contributed by atoms with Crippen LogP contribution in [0.3, 0.4) is 0 Å². The average molecular weight is 310 g/mol. The minimum atomic E-state index is -0.129. The van der Waals surface area contributed by atoms with E-state index in [-0.39, 0.29) is 21.0 Å². The van der Waals surface area contributed by atoms with Gasteiger partial charge in [-0.1, -0.05) is 43.4 Å². The molecule has 0 aromatic heterocycles. The van der Waals surface area contributed by atoms with Gasteiger partial charge in [0, 0.05) is 6.54 Å². The van der Waals surface area contributed by atoms with E-state index in [0.29, 0.717) is 0 Å². The minimum absolute atomic E-state index is 0.0596. The van der Waals surface area contributed by atoms with Crippen molar-refractivity contribution in [2.24, 2.45) is 5.41 Å². The molecule has 3 nitrogen and oxygen atoms in total. The lowest BCUT2D eigenvalue weighted by Crippen LogP contribution is -2.50. The number of alkyl halides is 1. The molecule has 0 aromatic carbocycles. The molecule has 1 atom stereocenters. The fourth-order valence-corrected chi connectivity index (χ4v) is 2.36. The van der Waals surface area contributed by atoms with Gasteiger partial charge in [-0.05, 0) is 19.3 Å². The van der Waals surface area contributed by atoms with Crippen LogP contribution < -0.4 is 5.32 Å². The van der Waals surface area contributed by atoms with Crippen molar-refractivity contribution in [3.8, 4) is 0 Å². The van der Waals surface area contributed by atoms with Gasteiger partial charge >= 0.3 is 6.03 Å². The molecule has 0 bridgehead atoms. The van der Waals surface area contributed by atoms with Crippen LogP contribution >= 0.6 is 22.6 Å². The van der Waals surface area contributed by atoms with Gasteiger partial charge in [-0.15, -0.1) is 0 Å². The summed E-state index contributed by atoms with van der Waals surface area (Å²) in [5.41, 5.74) is 0.127. The van der Waals surface area contributed by atoms with Crippen molar-refractivity contribution in [2.45, 2.75) is 44.2 Å². The molecule has 0 aliphatic carbocycles. The average Bonchev–Trinajstić information content (AvgIpc) is 2.27. The second-order valence-electron chi connectivity index (χ2n) is 5.35. The van der Waals surface area contributed by atoms with Gasteiger partial charge in [-0.2, -0.15) is 0 Å².